The standard InChI is InChI=1S/C34H28Br4N4O8/c35-21-9-17-1-3-27(21)49-29-15-19(11-23(37)31(29)43)6-8-40-33(45)25(41-47)13-18-2-4-28(22(36)10-18)50-30-16-20(12-24(38)32(30)44)14-26(42-48)34(46)39-7-5-17/h1-4,9-12,15-16,43-44,47-48H,5-8,13-14H2,(H,39,46)(H,40,45)/b41-25+,42-26+. The van der Waals surface area contributed by atoms with Crippen molar-refractivity contribution in [3.05, 3.63) is 101 Å². The molecule has 2 amide bonds. The average molecular weight is 940 g/mol. The van der Waals surface area contributed by atoms with Crippen molar-refractivity contribution in [1.29, 1.82) is 0 Å². The van der Waals surface area contributed by atoms with Crippen LogP contribution in [-0.2, 0) is 35.3 Å². The summed E-state index contributed by atoms with van der Waals surface area (Å²) in [5, 5.41) is 52.7. The summed E-state index contributed by atoms with van der Waals surface area (Å²) in [5.41, 5.74) is 2.46. The van der Waals surface area contributed by atoms with E-state index in [0.29, 0.717) is 48.9 Å². The first kappa shape index (κ1) is 37.1. The average Bonchev–Trinajstić information content (AvgIpc) is 3.08. The van der Waals surface area contributed by atoms with E-state index in [1.54, 1.807) is 42.5 Å². The van der Waals surface area contributed by atoms with Crippen LogP contribution in [0.5, 0.6) is 34.5 Å². The lowest BCUT2D eigenvalue weighted by Gasteiger charge is -2.15. The predicted molar refractivity (Wildman–Crippen MR) is 199 cm³/mol. The van der Waals surface area contributed by atoms with E-state index in [0.717, 1.165) is 11.1 Å². The predicted octanol–water partition coefficient (Wildman–Crippen LogP) is 7.51. The van der Waals surface area contributed by atoms with Crippen LogP contribution in [0.4, 0.5) is 0 Å². The number of nitrogens with zero attached hydrogens (tertiary/aromatic N) is 2. The number of carbonyl (C=O) groups excluding carboxylic acids is 2. The Balaban J connectivity index is 1.45. The molecule has 0 saturated carbocycles. The van der Waals surface area contributed by atoms with Crippen molar-refractivity contribution < 1.29 is 39.7 Å². The summed E-state index contributed by atoms with van der Waals surface area (Å²) in [4.78, 5) is 25.9. The third-order valence-corrected chi connectivity index (χ3v) is 9.96. The summed E-state index contributed by atoms with van der Waals surface area (Å²) in [6.45, 7) is 0.434. The number of amides is 2. The Morgan fingerprint density at radius 1 is 0.540 bits per heavy atom. The van der Waals surface area contributed by atoms with Gasteiger partial charge in [0.05, 0.1) is 17.9 Å². The minimum Gasteiger partial charge on any atom is -0.503 e. The summed E-state index contributed by atoms with van der Waals surface area (Å²) in [5.74, 6) is -0.436. The molecule has 4 heterocycles. The van der Waals surface area contributed by atoms with E-state index in [-0.39, 0.29) is 64.8 Å². The maximum Gasteiger partial charge on any atom is 0.269 e. The highest BCUT2D eigenvalue weighted by atomic mass is 79.9. The van der Waals surface area contributed by atoms with Crippen molar-refractivity contribution >= 4 is 87.0 Å². The summed E-state index contributed by atoms with van der Waals surface area (Å²) < 4.78 is 13.8. The molecule has 0 unspecified atom stereocenters. The van der Waals surface area contributed by atoms with E-state index in [1.165, 1.54) is 6.07 Å². The van der Waals surface area contributed by atoms with Gasteiger partial charge < -0.3 is 40.7 Å². The molecule has 50 heavy (non-hydrogen) atoms. The van der Waals surface area contributed by atoms with Crippen molar-refractivity contribution in [3.8, 4) is 34.5 Å². The van der Waals surface area contributed by atoms with Crippen LogP contribution in [0.1, 0.15) is 22.3 Å². The molecule has 0 radical (unpaired) electrons. The fourth-order valence-corrected chi connectivity index (χ4v) is 6.96. The number of halogens is 4. The molecule has 16 heteroatoms. The number of nitrogens with one attached hydrogen (secondary N) is 2. The summed E-state index contributed by atoms with van der Waals surface area (Å²) in [6.07, 6.45) is 0.733. The van der Waals surface area contributed by atoms with Crippen LogP contribution >= 0.6 is 63.7 Å². The van der Waals surface area contributed by atoms with Crippen molar-refractivity contribution in [1.82, 2.24) is 10.6 Å². The number of phenols is 2. The number of benzene rings is 4. The number of carbonyl (C=O) groups is 2. The van der Waals surface area contributed by atoms with Gasteiger partial charge in [-0.1, -0.05) is 22.4 Å². The summed E-state index contributed by atoms with van der Waals surface area (Å²) >= 11 is 13.6. The van der Waals surface area contributed by atoms with Gasteiger partial charge in [-0.05, 0) is 147 Å². The molecule has 4 aromatic carbocycles. The second-order valence-electron chi connectivity index (χ2n) is 11.0. The van der Waals surface area contributed by atoms with Crippen LogP contribution in [0.25, 0.3) is 0 Å². The summed E-state index contributed by atoms with van der Waals surface area (Å²) in [6, 6.07) is 16.8. The van der Waals surface area contributed by atoms with Crippen LogP contribution in [-0.4, -0.2) is 57.0 Å². The molecule has 4 aromatic rings. The lowest BCUT2D eigenvalue weighted by molar-refractivity contribution is -0.115. The molecule has 4 aliphatic rings. The third-order valence-electron chi connectivity index (χ3n) is 7.52. The van der Waals surface area contributed by atoms with Gasteiger partial charge in [0, 0.05) is 25.9 Å². The minimum absolute atomic E-state index is 0.00472. The molecular weight excluding hydrogens is 912 g/mol. The van der Waals surface area contributed by atoms with E-state index in [4.69, 9.17) is 9.47 Å². The van der Waals surface area contributed by atoms with Gasteiger partial charge in [-0.25, -0.2) is 0 Å². The van der Waals surface area contributed by atoms with Crippen LogP contribution in [0.2, 0.25) is 0 Å². The topological polar surface area (TPSA) is 182 Å². The highest BCUT2D eigenvalue weighted by Crippen LogP contribution is 2.42. The number of phenolic OH excluding ortho intramolecular Hbond substituents is 2. The second kappa shape index (κ2) is 16.7. The van der Waals surface area contributed by atoms with Crippen LogP contribution in [0, 0.1) is 0 Å². The Kier molecular flexibility index (Phi) is 12.4. The smallest absolute Gasteiger partial charge is 0.269 e. The second-order valence-corrected chi connectivity index (χ2v) is 14.5. The molecule has 260 valence electrons. The zero-order valence-corrected chi connectivity index (χ0v) is 32.2. The molecule has 4 aliphatic heterocycles. The summed E-state index contributed by atoms with van der Waals surface area (Å²) in [7, 11) is 0. The van der Waals surface area contributed by atoms with Crippen molar-refractivity contribution in [2.45, 2.75) is 25.7 Å². The highest BCUT2D eigenvalue weighted by Gasteiger charge is 2.20. The van der Waals surface area contributed by atoms with Gasteiger partial charge in [0.1, 0.15) is 22.9 Å². The Hall–Kier alpha value is -4.12. The lowest BCUT2D eigenvalue weighted by Crippen LogP contribution is -2.33. The number of rotatable bonds is 0. The van der Waals surface area contributed by atoms with E-state index in [1.807, 2.05) is 12.1 Å². The molecule has 8 bridgehead atoms. The van der Waals surface area contributed by atoms with Crippen LogP contribution < -0.4 is 20.1 Å². The normalized spacial score (nSPS) is 16.2. The van der Waals surface area contributed by atoms with Crippen LogP contribution in [0.15, 0.2) is 88.9 Å². The zero-order chi connectivity index (χ0) is 35.9. The molecule has 0 atom stereocenters. The van der Waals surface area contributed by atoms with Gasteiger partial charge >= 0.3 is 0 Å². The van der Waals surface area contributed by atoms with Gasteiger partial charge in [0.25, 0.3) is 11.8 Å². The highest BCUT2D eigenvalue weighted by molar-refractivity contribution is 9.11. The van der Waals surface area contributed by atoms with Crippen molar-refractivity contribution in [2.24, 2.45) is 10.3 Å². The zero-order valence-electron chi connectivity index (χ0n) is 25.8. The van der Waals surface area contributed by atoms with Crippen LogP contribution in [0.3, 0.4) is 0 Å². The molecule has 0 fully saturated rings. The lowest BCUT2D eigenvalue weighted by atomic mass is 10.1. The fraction of sp³-hybridized carbons (Fsp3) is 0.176. The van der Waals surface area contributed by atoms with Gasteiger partial charge in [-0.2, -0.15) is 0 Å². The Morgan fingerprint density at radius 3 is 1.48 bits per heavy atom. The van der Waals surface area contributed by atoms with E-state index < -0.39 is 11.8 Å². The molecular formula is C34H28Br4N4O8. The number of ether oxygens (including phenoxy) is 2. The molecule has 0 aliphatic carbocycles. The van der Waals surface area contributed by atoms with Gasteiger partial charge in [0.2, 0.25) is 0 Å². The first-order valence-corrected chi connectivity index (χ1v) is 18.1. The SMILES string of the molecule is O=C1NCCc2cc(Br)c(O)c(c2)Oc2ccc(cc2Br)CCNC(=O)/C(=N/O)Cc2cc(Br)c(O)c(c2)Oc2ccc(cc2Br)C/C1=N\O. The molecule has 0 saturated heterocycles. The Morgan fingerprint density at radius 2 is 0.960 bits per heavy atom. The molecule has 0 aromatic heterocycles. The van der Waals surface area contributed by atoms with Gasteiger partial charge in [0.15, 0.2) is 23.0 Å². The maximum absolute atomic E-state index is 12.9. The number of oxime groups is 2. The van der Waals surface area contributed by atoms with Crippen molar-refractivity contribution in [3.63, 3.8) is 0 Å². The molecule has 0 spiro atoms. The van der Waals surface area contributed by atoms with E-state index >= 15 is 0 Å². The third kappa shape index (κ3) is 9.15. The van der Waals surface area contributed by atoms with Crippen molar-refractivity contribution in [2.75, 3.05) is 13.1 Å². The van der Waals surface area contributed by atoms with E-state index in [9.17, 15) is 30.2 Å². The van der Waals surface area contributed by atoms with Gasteiger partial charge in [-0.3, -0.25) is 9.59 Å². The Bertz CT molecular complexity index is 2020. The first-order chi connectivity index (χ1) is 23.9. The number of hydrogen-bond acceptors (Lipinski definition) is 10. The fourth-order valence-electron chi connectivity index (χ4n) is 4.97. The van der Waals surface area contributed by atoms with E-state index in [2.05, 4.69) is 84.7 Å². The number of hydrogen-bond donors (Lipinski definition) is 6. The molecule has 8 rings (SSSR count). The maximum atomic E-state index is 12.9. The molecule has 6 N–H and O–H groups in total. The monoisotopic (exact) mass is 936 g/mol. The van der Waals surface area contributed by atoms with Gasteiger partial charge in [-0.15, -0.1) is 0 Å². The largest absolute Gasteiger partial charge is 0.503 e. The number of aromatic hydroxyl groups is 2. The quantitative estimate of drug-likeness (QED) is 0.0774. The molecule has 12 nitrogen and oxygen atoms in total. The minimum atomic E-state index is -0.579. The first-order valence-electron chi connectivity index (χ1n) is 14.9. The Labute approximate surface area is 319 Å².